The summed E-state index contributed by atoms with van der Waals surface area (Å²) >= 11 is 0. The first-order valence-corrected chi connectivity index (χ1v) is 11.8. The van der Waals surface area contributed by atoms with Crippen LogP contribution >= 0.6 is 0 Å². The Morgan fingerprint density at radius 2 is 0.903 bits per heavy atom. The summed E-state index contributed by atoms with van der Waals surface area (Å²) in [4.78, 5) is 23.5. The van der Waals surface area contributed by atoms with Crippen LogP contribution in [0, 0.1) is 0 Å². The van der Waals surface area contributed by atoms with E-state index in [9.17, 15) is 9.59 Å². The Balaban J connectivity index is 3.61. The number of unbranched alkanes of at least 4 members (excludes halogenated alkanes) is 2. The van der Waals surface area contributed by atoms with Crippen LogP contribution in [-0.2, 0) is 38.0 Å². The van der Waals surface area contributed by atoms with E-state index in [-0.39, 0.29) is 24.5 Å². The Morgan fingerprint density at radius 3 is 1.23 bits per heavy atom. The summed E-state index contributed by atoms with van der Waals surface area (Å²) in [6.07, 6.45) is 5.29. The van der Waals surface area contributed by atoms with Gasteiger partial charge in [-0.25, -0.2) is 0 Å². The van der Waals surface area contributed by atoms with Crippen LogP contribution in [0.1, 0.15) is 85.5 Å². The van der Waals surface area contributed by atoms with E-state index in [1.165, 1.54) is 0 Å². The molecule has 8 heteroatoms. The largest absolute Gasteiger partial charge is 0.466 e. The molecule has 0 N–H and O–H groups in total. The molecule has 0 aliphatic carbocycles. The zero-order valence-corrected chi connectivity index (χ0v) is 20.0. The van der Waals surface area contributed by atoms with Crippen molar-refractivity contribution < 1.29 is 38.0 Å². The molecule has 31 heavy (non-hydrogen) atoms. The van der Waals surface area contributed by atoms with E-state index in [4.69, 9.17) is 28.4 Å². The molecule has 0 heterocycles. The van der Waals surface area contributed by atoms with Crippen molar-refractivity contribution >= 4 is 11.9 Å². The molecule has 0 saturated carbocycles. The first-order chi connectivity index (χ1) is 15.1. The zero-order valence-electron chi connectivity index (χ0n) is 20.0. The van der Waals surface area contributed by atoms with Crippen molar-refractivity contribution in [1.29, 1.82) is 0 Å². The third kappa shape index (κ3) is 19.2. The van der Waals surface area contributed by atoms with Crippen LogP contribution in [0.3, 0.4) is 0 Å². The molecule has 184 valence electrons. The molecule has 0 aliphatic rings. The molecule has 0 atom stereocenters. The van der Waals surface area contributed by atoms with Gasteiger partial charge >= 0.3 is 11.9 Å². The van der Waals surface area contributed by atoms with Gasteiger partial charge in [0.15, 0.2) is 12.6 Å². The highest BCUT2D eigenvalue weighted by atomic mass is 16.7. The number of hydrogen-bond donors (Lipinski definition) is 0. The van der Waals surface area contributed by atoms with E-state index in [0.717, 1.165) is 6.42 Å². The van der Waals surface area contributed by atoms with Crippen LogP contribution in [0.5, 0.6) is 0 Å². The van der Waals surface area contributed by atoms with Crippen LogP contribution in [0.4, 0.5) is 0 Å². The lowest BCUT2D eigenvalue weighted by Gasteiger charge is -2.16. The average Bonchev–Trinajstić information content (AvgIpc) is 2.74. The Hall–Kier alpha value is -1.22. The molecule has 0 spiro atoms. The standard InChI is InChI=1S/C23H44O8/c1-5-26-22(27-6-2)16-12-18-30-20(24)14-10-9-11-15-21(25)31-19-13-17-23(28-7-3)29-8-4/h22-23H,5-19H2,1-4H3. The van der Waals surface area contributed by atoms with Crippen LogP contribution in [0.2, 0.25) is 0 Å². The molecule has 0 aromatic heterocycles. The molecule has 0 rings (SSSR count). The van der Waals surface area contributed by atoms with Crippen molar-refractivity contribution in [2.75, 3.05) is 39.6 Å². The molecule has 0 unspecified atom stereocenters. The predicted molar refractivity (Wildman–Crippen MR) is 118 cm³/mol. The molecule has 0 fully saturated rings. The van der Waals surface area contributed by atoms with E-state index >= 15 is 0 Å². The van der Waals surface area contributed by atoms with Crippen LogP contribution in [0.15, 0.2) is 0 Å². The van der Waals surface area contributed by atoms with Gasteiger partial charge < -0.3 is 28.4 Å². The van der Waals surface area contributed by atoms with Crippen LogP contribution in [-0.4, -0.2) is 64.2 Å². The van der Waals surface area contributed by atoms with Gasteiger partial charge in [-0.1, -0.05) is 6.42 Å². The van der Waals surface area contributed by atoms with Gasteiger partial charge in [0, 0.05) is 52.1 Å². The van der Waals surface area contributed by atoms with Crippen LogP contribution in [0.25, 0.3) is 0 Å². The Kier molecular flexibility index (Phi) is 21.1. The maximum absolute atomic E-state index is 11.8. The van der Waals surface area contributed by atoms with Crippen molar-refractivity contribution in [2.45, 2.75) is 98.1 Å². The molecule has 8 nitrogen and oxygen atoms in total. The minimum absolute atomic E-state index is 0.204. The minimum Gasteiger partial charge on any atom is -0.466 e. The maximum Gasteiger partial charge on any atom is 0.305 e. The summed E-state index contributed by atoms with van der Waals surface area (Å²) < 4.78 is 32.3. The van der Waals surface area contributed by atoms with E-state index < -0.39 is 0 Å². The first-order valence-electron chi connectivity index (χ1n) is 11.8. The summed E-state index contributed by atoms with van der Waals surface area (Å²) in [6, 6.07) is 0. The smallest absolute Gasteiger partial charge is 0.305 e. The second-order valence-electron chi connectivity index (χ2n) is 6.97. The Morgan fingerprint density at radius 1 is 0.548 bits per heavy atom. The first kappa shape index (κ1) is 29.8. The van der Waals surface area contributed by atoms with Crippen molar-refractivity contribution in [3.63, 3.8) is 0 Å². The SMILES string of the molecule is CCOC(CCCOC(=O)CCCCCC(=O)OCCCC(OCC)OCC)OCC. The van der Waals surface area contributed by atoms with E-state index in [1.807, 2.05) is 27.7 Å². The second kappa shape index (κ2) is 22.0. The predicted octanol–water partition coefficient (Wildman–Crippen LogP) is 4.38. The number of carbonyl (C=O) groups is 2. The molecule has 0 bridgehead atoms. The molecule has 0 aromatic rings. The zero-order chi connectivity index (χ0) is 23.2. The maximum atomic E-state index is 11.8. The summed E-state index contributed by atoms with van der Waals surface area (Å²) in [5.74, 6) is -0.407. The molecule has 0 aliphatic heterocycles. The topological polar surface area (TPSA) is 89.5 Å². The van der Waals surface area contributed by atoms with Crippen molar-refractivity contribution in [3.05, 3.63) is 0 Å². The number of hydrogen-bond acceptors (Lipinski definition) is 8. The van der Waals surface area contributed by atoms with Gasteiger partial charge in [-0.05, 0) is 53.4 Å². The number of carbonyl (C=O) groups excluding carboxylic acids is 2. The third-order valence-electron chi connectivity index (χ3n) is 4.37. The number of rotatable bonds is 22. The van der Waals surface area contributed by atoms with Crippen molar-refractivity contribution in [1.82, 2.24) is 0 Å². The lowest BCUT2D eigenvalue weighted by atomic mass is 10.1. The lowest BCUT2D eigenvalue weighted by molar-refractivity contribution is -0.150. The monoisotopic (exact) mass is 448 g/mol. The summed E-state index contributed by atoms with van der Waals surface area (Å²) in [7, 11) is 0. The normalized spacial score (nSPS) is 11.3. The molecule has 0 saturated heterocycles. The van der Waals surface area contributed by atoms with Crippen molar-refractivity contribution in [2.24, 2.45) is 0 Å². The highest BCUT2D eigenvalue weighted by Crippen LogP contribution is 2.09. The van der Waals surface area contributed by atoms with Gasteiger partial charge in [0.1, 0.15) is 0 Å². The van der Waals surface area contributed by atoms with Gasteiger partial charge in [0.05, 0.1) is 13.2 Å². The quantitative estimate of drug-likeness (QED) is 0.137. The highest BCUT2D eigenvalue weighted by molar-refractivity contribution is 5.69. The fourth-order valence-electron chi connectivity index (χ4n) is 2.90. The van der Waals surface area contributed by atoms with Crippen LogP contribution < -0.4 is 0 Å². The lowest BCUT2D eigenvalue weighted by Crippen LogP contribution is -2.18. The fraction of sp³-hybridized carbons (Fsp3) is 0.913. The van der Waals surface area contributed by atoms with Gasteiger partial charge in [0.25, 0.3) is 0 Å². The summed E-state index contributed by atoms with van der Waals surface area (Å²) in [5, 5.41) is 0. The van der Waals surface area contributed by atoms with Gasteiger partial charge in [-0.15, -0.1) is 0 Å². The average molecular weight is 449 g/mol. The number of ether oxygens (including phenoxy) is 6. The molecule has 0 aromatic carbocycles. The van der Waals surface area contributed by atoms with Gasteiger partial charge in [0.2, 0.25) is 0 Å². The minimum atomic E-state index is -0.232. The van der Waals surface area contributed by atoms with E-state index in [2.05, 4.69) is 0 Å². The molecular weight excluding hydrogens is 404 g/mol. The second-order valence-corrected chi connectivity index (χ2v) is 6.97. The van der Waals surface area contributed by atoms with Crippen molar-refractivity contribution in [3.8, 4) is 0 Å². The summed E-state index contributed by atoms with van der Waals surface area (Å²) in [5.41, 5.74) is 0. The molecule has 0 radical (unpaired) electrons. The number of esters is 2. The molecular formula is C23H44O8. The summed E-state index contributed by atoms with van der Waals surface area (Å²) in [6.45, 7) is 10.8. The van der Waals surface area contributed by atoms with E-state index in [0.29, 0.717) is 91.0 Å². The highest BCUT2D eigenvalue weighted by Gasteiger charge is 2.10. The van der Waals surface area contributed by atoms with E-state index in [1.54, 1.807) is 0 Å². The molecule has 0 amide bonds. The third-order valence-corrected chi connectivity index (χ3v) is 4.37. The van der Waals surface area contributed by atoms with Gasteiger partial charge in [-0.3, -0.25) is 9.59 Å². The van der Waals surface area contributed by atoms with Gasteiger partial charge in [-0.2, -0.15) is 0 Å². The Labute approximate surface area is 188 Å². The fourth-order valence-corrected chi connectivity index (χ4v) is 2.90. The Bertz CT molecular complexity index is 380.